The number of hydrogen-bond donors (Lipinski definition) is 0. The first-order valence-corrected chi connectivity index (χ1v) is 9.62. The summed E-state index contributed by atoms with van der Waals surface area (Å²) in [7, 11) is 1.69. The minimum atomic E-state index is -3.71. The Morgan fingerprint density at radius 3 is 2.04 bits per heavy atom. The number of aryl methyl sites for hydroxylation is 1. The molecule has 0 aromatic heterocycles. The van der Waals surface area contributed by atoms with Crippen molar-refractivity contribution in [1.29, 1.82) is 0 Å². The van der Waals surface area contributed by atoms with Crippen LogP contribution in [-0.2, 0) is 10.0 Å². The topological polar surface area (TPSA) is 49.9 Å². The summed E-state index contributed by atoms with van der Waals surface area (Å²) in [5, 5.41) is 0. The smallest absolute Gasteiger partial charge is 0.265 e. The number of hydrogen-bond acceptors (Lipinski definition) is 4. The summed E-state index contributed by atoms with van der Waals surface area (Å²) in [6, 6.07) is 13.7. The maximum Gasteiger partial charge on any atom is 0.265 e. The van der Waals surface area contributed by atoms with Crippen molar-refractivity contribution in [3.8, 4) is 17.6 Å². The molecule has 138 valence electrons. The van der Waals surface area contributed by atoms with Crippen LogP contribution in [0.5, 0.6) is 5.75 Å². The molecule has 2 aromatic carbocycles. The molecule has 2 rings (SSSR count). The highest BCUT2D eigenvalue weighted by atomic mass is 32.2. The average Bonchev–Trinajstić information content (AvgIpc) is 2.62. The molecule has 5 nitrogen and oxygen atoms in total. The summed E-state index contributed by atoms with van der Waals surface area (Å²) >= 11 is 0. The van der Waals surface area contributed by atoms with E-state index in [1.165, 1.54) is 4.31 Å². The third-order valence-corrected chi connectivity index (χ3v) is 5.50. The van der Waals surface area contributed by atoms with Gasteiger partial charge in [-0.1, -0.05) is 29.5 Å². The van der Waals surface area contributed by atoms with Gasteiger partial charge in [0.05, 0.1) is 30.8 Å². The molecule has 0 radical (unpaired) electrons. The first-order chi connectivity index (χ1) is 12.3. The van der Waals surface area contributed by atoms with Crippen LogP contribution in [0.4, 0.5) is 5.69 Å². The van der Waals surface area contributed by atoms with Crippen LogP contribution in [0.3, 0.4) is 0 Å². The zero-order valence-corrected chi connectivity index (χ0v) is 16.4. The van der Waals surface area contributed by atoms with Gasteiger partial charge in [-0.2, -0.15) is 0 Å². The maximum atomic E-state index is 13.1. The minimum Gasteiger partial charge on any atom is -0.497 e. The summed E-state index contributed by atoms with van der Waals surface area (Å²) < 4.78 is 32.8. The molecule has 0 N–H and O–H groups in total. The second-order valence-electron chi connectivity index (χ2n) is 6.11. The monoisotopic (exact) mass is 372 g/mol. The zero-order chi connectivity index (χ0) is 19.2. The van der Waals surface area contributed by atoms with E-state index in [0.29, 0.717) is 18.0 Å². The molecular formula is C20H24N2O3S. The van der Waals surface area contributed by atoms with Crippen molar-refractivity contribution in [1.82, 2.24) is 4.90 Å². The molecule has 0 aliphatic carbocycles. The predicted molar refractivity (Wildman–Crippen MR) is 105 cm³/mol. The maximum absolute atomic E-state index is 13.1. The Morgan fingerprint density at radius 1 is 0.923 bits per heavy atom. The number of anilines is 1. The van der Waals surface area contributed by atoms with Gasteiger partial charge in [0.2, 0.25) is 0 Å². The third-order valence-electron chi connectivity index (χ3n) is 3.71. The van der Waals surface area contributed by atoms with E-state index in [4.69, 9.17) is 4.74 Å². The van der Waals surface area contributed by atoms with E-state index in [1.807, 2.05) is 25.9 Å². The van der Waals surface area contributed by atoms with Crippen molar-refractivity contribution in [2.24, 2.45) is 0 Å². The SMILES string of the molecule is COc1ccc(N(CC#CCN(C)C)S(=O)(=O)c2ccc(C)cc2)cc1. The summed E-state index contributed by atoms with van der Waals surface area (Å²) in [6.45, 7) is 2.57. The van der Waals surface area contributed by atoms with Gasteiger partial charge in [0.15, 0.2) is 0 Å². The van der Waals surface area contributed by atoms with Crippen LogP contribution in [0, 0.1) is 18.8 Å². The van der Waals surface area contributed by atoms with Crippen LogP contribution in [0.15, 0.2) is 53.4 Å². The predicted octanol–water partition coefficient (Wildman–Crippen LogP) is 2.76. The zero-order valence-electron chi connectivity index (χ0n) is 15.6. The highest BCUT2D eigenvalue weighted by Gasteiger charge is 2.24. The fourth-order valence-corrected chi connectivity index (χ4v) is 3.61. The number of sulfonamides is 1. The quantitative estimate of drug-likeness (QED) is 0.732. The number of ether oxygens (including phenoxy) is 1. The lowest BCUT2D eigenvalue weighted by molar-refractivity contribution is 0.415. The highest BCUT2D eigenvalue weighted by molar-refractivity contribution is 7.92. The van der Waals surface area contributed by atoms with Gasteiger partial charge < -0.3 is 4.74 Å². The summed E-state index contributed by atoms with van der Waals surface area (Å²) in [6.07, 6.45) is 0. The lowest BCUT2D eigenvalue weighted by atomic mass is 10.2. The fraction of sp³-hybridized carbons (Fsp3) is 0.300. The molecule has 0 aliphatic rings. The Bertz CT molecular complexity index is 877. The molecule has 0 bridgehead atoms. The van der Waals surface area contributed by atoms with Crippen molar-refractivity contribution in [2.45, 2.75) is 11.8 Å². The molecule has 2 aromatic rings. The van der Waals surface area contributed by atoms with E-state index in [0.717, 1.165) is 5.56 Å². The van der Waals surface area contributed by atoms with Crippen molar-refractivity contribution in [2.75, 3.05) is 38.6 Å². The summed E-state index contributed by atoms with van der Waals surface area (Å²) in [4.78, 5) is 2.17. The van der Waals surface area contributed by atoms with Crippen LogP contribution in [0.25, 0.3) is 0 Å². The van der Waals surface area contributed by atoms with E-state index in [1.54, 1.807) is 55.6 Å². The van der Waals surface area contributed by atoms with Gasteiger partial charge in [0, 0.05) is 0 Å². The Kier molecular flexibility index (Phi) is 6.67. The van der Waals surface area contributed by atoms with Crippen molar-refractivity contribution in [3.05, 3.63) is 54.1 Å². The van der Waals surface area contributed by atoms with Crippen molar-refractivity contribution in [3.63, 3.8) is 0 Å². The molecular weight excluding hydrogens is 348 g/mol. The van der Waals surface area contributed by atoms with Gasteiger partial charge in [0.25, 0.3) is 10.0 Å². The Hall–Kier alpha value is -2.49. The molecule has 6 heteroatoms. The average molecular weight is 372 g/mol. The normalized spacial score (nSPS) is 11.0. The van der Waals surface area contributed by atoms with Gasteiger partial charge in [-0.05, 0) is 57.4 Å². The molecule has 0 aliphatic heterocycles. The first-order valence-electron chi connectivity index (χ1n) is 8.18. The van der Waals surface area contributed by atoms with Crippen LogP contribution >= 0.6 is 0 Å². The van der Waals surface area contributed by atoms with Crippen LogP contribution in [0.1, 0.15) is 5.56 Å². The fourth-order valence-electron chi connectivity index (χ4n) is 2.24. The molecule has 0 spiro atoms. The molecule has 0 heterocycles. The lowest BCUT2D eigenvalue weighted by Gasteiger charge is -2.22. The Balaban J connectivity index is 2.40. The Labute approximate surface area is 156 Å². The third kappa shape index (κ3) is 5.01. The Morgan fingerprint density at radius 2 is 1.50 bits per heavy atom. The number of benzene rings is 2. The van der Waals surface area contributed by atoms with Crippen LogP contribution < -0.4 is 9.04 Å². The van der Waals surface area contributed by atoms with Gasteiger partial charge in [-0.25, -0.2) is 8.42 Å². The number of nitrogens with zero attached hydrogens (tertiary/aromatic N) is 2. The summed E-state index contributed by atoms with van der Waals surface area (Å²) in [5.41, 5.74) is 1.55. The largest absolute Gasteiger partial charge is 0.497 e. The molecule has 0 saturated heterocycles. The van der Waals surface area contributed by atoms with Gasteiger partial charge in [-0.3, -0.25) is 9.21 Å². The van der Waals surface area contributed by atoms with E-state index in [2.05, 4.69) is 11.8 Å². The number of rotatable bonds is 6. The molecule has 26 heavy (non-hydrogen) atoms. The lowest BCUT2D eigenvalue weighted by Crippen LogP contribution is -2.31. The molecule has 0 saturated carbocycles. The molecule has 0 fully saturated rings. The first kappa shape index (κ1) is 19.8. The van der Waals surface area contributed by atoms with E-state index in [-0.39, 0.29) is 11.4 Å². The molecule has 0 amide bonds. The van der Waals surface area contributed by atoms with Gasteiger partial charge in [0.1, 0.15) is 5.75 Å². The molecule has 0 unspecified atom stereocenters. The summed E-state index contributed by atoms with van der Waals surface area (Å²) in [5.74, 6) is 6.61. The van der Waals surface area contributed by atoms with Gasteiger partial charge in [-0.15, -0.1) is 0 Å². The van der Waals surface area contributed by atoms with Crippen molar-refractivity contribution < 1.29 is 13.2 Å². The van der Waals surface area contributed by atoms with E-state index < -0.39 is 10.0 Å². The second kappa shape index (κ2) is 8.75. The standard InChI is InChI=1S/C20H24N2O3S/c1-17-7-13-20(14-8-17)26(23,24)22(16-6-5-15-21(2)3)18-9-11-19(25-4)12-10-18/h7-14H,15-16H2,1-4H3. The van der Waals surface area contributed by atoms with Crippen LogP contribution in [0.2, 0.25) is 0 Å². The minimum absolute atomic E-state index is 0.0797. The second-order valence-corrected chi connectivity index (χ2v) is 7.98. The highest BCUT2D eigenvalue weighted by Crippen LogP contribution is 2.25. The van der Waals surface area contributed by atoms with E-state index >= 15 is 0 Å². The molecule has 0 atom stereocenters. The van der Waals surface area contributed by atoms with Crippen LogP contribution in [-0.4, -0.2) is 47.6 Å². The van der Waals surface area contributed by atoms with Crippen molar-refractivity contribution >= 4 is 15.7 Å². The number of methoxy groups -OCH3 is 1. The van der Waals surface area contributed by atoms with E-state index in [9.17, 15) is 8.42 Å². The van der Waals surface area contributed by atoms with Gasteiger partial charge >= 0.3 is 0 Å².